The van der Waals surface area contributed by atoms with Crippen molar-refractivity contribution in [1.82, 2.24) is 5.32 Å². The first-order valence-electron chi connectivity index (χ1n) is 6.45. The Labute approximate surface area is 103 Å². The van der Waals surface area contributed by atoms with Gasteiger partial charge in [0.15, 0.2) is 0 Å². The third-order valence-corrected chi connectivity index (χ3v) is 3.18. The molecule has 3 N–H and O–H groups in total. The predicted octanol–water partition coefficient (Wildman–Crippen LogP) is 2.36. The molecule has 1 atom stereocenters. The number of anilines is 1. The van der Waals surface area contributed by atoms with E-state index in [0.717, 1.165) is 31.6 Å². The Balaban J connectivity index is 1.92. The Morgan fingerprint density at radius 3 is 3.06 bits per heavy atom. The normalized spacial score (nSPS) is 18.9. The van der Waals surface area contributed by atoms with Crippen molar-refractivity contribution in [3.63, 3.8) is 0 Å². The lowest BCUT2D eigenvalue weighted by Crippen LogP contribution is -2.37. The number of para-hydroxylation sites is 1. The van der Waals surface area contributed by atoms with Gasteiger partial charge < -0.3 is 15.7 Å². The number of aryl methyl sites for hydroxylation is 1. The zero-order valence-electron chi connectivity index (χ0n) is 10.7. The fourth-order valence-electron chi connectivity index (χ4n) is 2.27. The van der Waals surface area contributed by atoms with Crippen LogP contribution in [0.3, 0.4) is 0 Å². The van der Waals surface area contributed by atoms with Crippen LogP contribution in [0, 0.1) is 5.92 Å². The van der Waals surface area contributed by atoms with Gasteiger partial charge in [-0.3, -0.25) is 0 Å². The average Bonchev–Trinajstić information content (AvgIpc) is 2.30. The van der Waals surface area contributed by atoms with Gasteiger partial charge in [-0.15, -0.1) is 0 Å². The Hall–Kier alpha value is -1.22. The first-order chi connectivity index (χ1) is 8.16. The van der Waals surface area contributed by atoms with Crippen LogP contribution in [0.1, 0.15) is 25.8 Å². The van der Waals surface area contributed by atoms with E-state index < -0.39 is 0 Å². The molecule has 1 aliphatic rings. The molecule has 0 radical (unpaired) electrons. The molecule has 17 heavy (non-hydrogen) atoms. The largest absolute Gasteiger partial charge is 0.506 e. The van der Waals surface area contributed by atoms with E-state index in [1.807, 2.05) is 6.07 Å². The molecule has 1 aromatic carbocycles. The van der Waals surface area contributed by atoms with Crippen LogP contribution >= 0.6 is 0 Å². The second-order valence-corrected chi connectivity index (χ2v) is 5.24. The Bertz CT molecular complexity index is 376. The molecule has 1 unspecified atom stereocenters. The molecule has 1 heterocycles. The highest BCUT2D eigenvalue weighted by Crippen LogP contribution is 2.32. The molecule has 1 aliphatic heterocycles. The highest BCUT2D eigenvalue weighted by molar-refractivity contribution is 5.63. The summed E-state index contributed by atoms with van der Waals surface area (Å²) in [5.41, 5.74) is 2.15. The Kier molecular flexibility index (Phi) is 3.89. The minimum atomic E-state index is 0.371. The van der Waals surface area contributed by atoms with Crippen molar-refractivity contribution in [2.24, 2.45) is 5.92 Å². The van der Waals surface area contributed by atoms with E-state index in [-0.39, 0.29) is 0 Å². The maximum Gasteiger partial charge on any atom is 0.138 e. The average molecular weight is 234 g/mol. The topological polar surface area (TPSA) is 44.3 Å². The number of hydrogen-bond donors (Lipinski definition) is 3. The molecule has 3 heteroatoms. The fourth-order valence-corrected chi connectivity index (χ4v) is 2.27. The Morgan fingerprint density at radius 2 is 2.29 bits per heavy atom. The van der Waals surface area contributed by atoms with E-state index in [9.17, 15) is 5.11 Å². The molecule has 3 nitrogen and oxygen atoms in total. The molecular weight excluding hydrogens is 212 g/mol. The molecule has 0 bridgehead atoms. The van der Waals surface area contributed by atoms with Crippen LogP contribution in [0.4, 0.5) is 5.69 Å². The maximum atomic E-state index is 9.80. The van der Waals surface area contributed by atoms with Crippen LogP contribution in [0.25, 0.3) is 0 Å². The summed E-state index contributed by atoms with van der Waals surface area (Å²) < 4.78 is 0. The number of nitrogens with one attached hydrogen (secondary N) is 2. The summed E-state index contributed by atoms with van der Waals surface area (Å²) in [7, 11) is 0. The molecule has 0 aliphatic carbocycles. The van der Waals surface area contributed by atoms with Gasteiger partial charge in [0.05, 0.1) is 5.69 Å². The summed E-state index contributed by atoms with van der Waals surface area (Å²) in [5, 5.41) is 16.7. The van der Waals surface area contributed by atoms with Gasteiger partial charge in [-0.1, -0.05) is 26.0 Å². The smallest absolute Gasteiger partial charge is 0.138 e. The zero-order valence-corrected chi connectivity index (χ0v) is 10.7. The number of hydrogen-bond acceptors (Lipinski definition) is 3. The van der Waals surface area contributed by atoms with E-state index in [4.69, 9.17) is 0 Å². The molecule has 0 amide bonds. The molecule has 2 rings (SSSR count). The first-order valence-corrected chi connectivity index (χ1v) is 6.45. The van der Waals surface area contributed by atoms with Crippen LogP contribution < -0.4 is 10.6 Å². The minimum absolute atomic E-state index is 0.371. The molecular formula is C14H22N2O. The van der Waals surface area contributed by atoms with Crippen molar-refractivity contribution in [1.29, 1.82) is 0 Å². The van der Waals surface area contributed by atoms with Crippen molar-refractivity contribution in [3.05, 3.63) is 23.8 Å². The number of benzene rings is 1. The van der Waals surface area contributed by atoms with Crippen LogP contribution in [0.5, 0.6) is 5.75 Å². The fraction of sp³-hybridized carbons (Fsp3) is 0.571. The SMILES string of the molecule is CC(C)CNCC1CCc2cccc(O)c2N1. The van der Waals surface area contributed by atoms with E-state index in [1.54, 1.807) is 6.07 Å². The van der Waals surface area contributed by atoms with Crippen molar-refractivity contribution >= 4 is 5.69 Å². The monoisotopic (exact) mass is 234 g/mol. The van der Waals surface area contributed by atoms with Gasteiger partial charge in [0, 0.05) is 12.6 Å². The number of rotatable bonds is 4. The number of phenolic OH excluding ortho intramolecular Hbond substituents is 1. The van der Waals surface area contributed by atoms with Gasteiger partial charge in [0.1, 0.15) is 5.75 Å². The molecule has 0 fully saturated rings. The van der Waals surface area contributed by atoms with Crippen molar-refractivity contribution < 1.29 is 5.11 Å². The summed E-state index contributed by atoms with van der Waals surface area (Å²) in [4.78, 5) is 0. The molecule has 0 saturated carbocycles. The van der Waals surface area contributed by atoms with Crippen LogP contribution in [-0.2, 0) is 6.42 Å². The van der Waals surface area contributed by atoms with E-state index in [2.05, 4.69) is 30.5 Å². The molecule has 0 saturated heterocycles. The van der Waals surface area contributed by atoms with Gasteiger partial charge in [-0.25, -0.2) is 0 Å². The van der Waals surface area contributed by atoms with Gasteiger partial charge in [0.2, 0.25) is 0 Å². The molecule has 94 valence electrons. The van der Waals surface area contributed by atoms with Crippen LogP contribution in [0.2, 0.25) is 0 Å². The van der Waals surface area contributed by atoms with Gasteiger partial charge in [-0.2, -0.15) is 0 Å². The summed E-state index contributed by atoms with van der Waals surface area (Å²) >= 11 is 0. The second-order valence-electron chi connectivity index (χ2n) is 5.24. The molecule has 0 spiro atoms. The first kappa shape index (κ1) is 12.2. The lowest BCUT2D eigenvalue weighted by Gasteiger charge is -2.28. The van der Waals surface area contributed by atoms with Crippen LogP contribution in [0.15, 0.2) is 18.2 Å². The van der Waals surface area contributed by atoms with Gasteiger partial charge >= 0.3 is 0 Å². The highest BCUT2D eigenvalue weighted by atomic mass is 16.3. The van der Waals surface area contributed by atoms with Crippen molar-refractivity contribution in [3.8, 4) is 5.75 Å². The van der Waals surface area contributed by atoms with Crippen molar-refractivity contribution in [2.75, 3.05) is 18.4 Å². The number of aromatic hydroxyl groups is 1. The zero-order chi connectivity index (χ0) is 12.3. The number of phenols is 1. The standard InChI is InChI=1S/C14H22N2O/c1-10(2)8-15-9-12-7-6-11-4-3-5-13(17)14(11)16-12/h3-5,10,12,15-17H,6-9H2,1-2H3. The molecule has 1 aromatic rings. The second kappa shape index (κ2) is 5.41. The van der Waals surface area contributed by atoms with E-state index >= 15 is 0 Å². The third kappa shape index (κ3) is 3.13. The lowest BCUT2D eigenvalue weighted by molar-refractivity contribution is 0.468. The van der Waals surface area contributed by atoms with E-state index in [1.165, 1.54) is 5.56 Å². The molecule has 0 aromatic heterocycles. The van der Waals surface area contributed by atoms with Crippen molar-refractivity contribution in [2.45, 2.75) is 32.7 Å². The minimum Gasteiger partial charge on any atom is -0.506 e. The van der Waals surface area contributed by atoms with Gasteiger partial charge in [0.25, 0.3) is 0 Å². The maximum absolute atomic E-state index is 9.80. The highest BCUT2D eigenvalue weighted by Gasteiger charge is 2.19. The summed E-state index contributed by atoms with van der Waals surface area (Å²) in [5.74, 6) is 1.05. The Morgan fingerprint density at radius 1 is 1.47 bits per heavy atom. The summed E-state index contributed by atoms with van der Waals surface area (Å²) in [6.45, 7) is 6.43. The lowest BCUT2D eigenvalue weighted by atomic mass is 9.97. The summed E-state index contributed by atoms with van der Waals surface area (Å²) in [6.07, 6.45) is 2.17. The van der Waals surface area contributed by atoms with Gasteiger partial charge in [-0.05, 0) is 36.9 Å². The summed E-state index contributed by atoms with van der Waals surface area (Å²) in [6, 6.07) is 6.16. The quantitative estimate of drug-likeness (QED) is 0.701. The van der Waals surface area contributed by atoms with E-state index in [0.29, 0.717) is 17.7 Å². The van der Waals surface area contributed by atoms with Crippen LogP contribution in [-0.4, -0.2) is 24.2 Å². The number of fused-ring (bicyclic) bond motifs is 1. The predicted molar refractivity (Wildman–Crippen MR) is 71.5 cm³/mol. The third-order valence-electron chi connectivity index (χ3n) is 3.18.